The lowest BCUT2D eigenvalue weighted by Crippen LogP contribution is -2.49. The fourth-order valence-electron chi connectivity index (χ4n) is 3.12. The molecule has 3 rings (SSSR count). The first kappa shape index (κ1) is 20.2. The minimum absolute atomic E-state index is 0.0478. The minimum Gasteiger partial charge on any atom is -0.482 e. The molecule has 6 nitrogen and oxygen atoms in total. The van der Waals surface area contributed by atoms with Gasteiger partial charge < -0.3 is 15.0 Å². The van der Waals surface area contributed by atoms with E-state index in [0.29, 0.717) is 24.5 Å². The summed E-state index contributed by atoms with van der Waals surface area (Å²) in [6.45, 7) is 5.21. The second-order valence-corrected chi connectivity index (χ2v) is 7.19. The Morgan fingerprint density at radius 2 is 1.71 bits per heavy atom. The van der Waals surface area contributed by atoms with Crippen molar-refractivity contribution in [2.24, 2.45) is 0 Å². The summed E-state index contributed by atoms with van der Waals surface area (Å²) in [4.78, 5) is 27.9. The van der Waals surface area contributed by atoms with Crippen LogP contribution >= 0.6 is 11.6 Å². The Labute approximate surface area is 170 Å². The van der Waals surface area contributed by atoms with Crippen LogP contribution in [0.1, 0.15) is 12.5 Å². The minimum atomic E-state index is -0.181. The summed E-state index contributed by atoms with van der Waals surface area (Å²) in [5.41, 5.74) is 1.78. The number of hydrogen-bond acceptors (Lipinski definition) is 4. The average molecular weight is 402 g/mol. The molecule has 0 aromatic heterocycles. The highest BCUT2D eigenvalue weighted by molar-refractivity contribution is 6.30. The lowest BCUT2D eigenvalue weighted by atomic mass is 10.2. The van der Waals surface area contributed by atoms with Gasteiger partial charge in [-0.25, -0.2) is 0 Å². The molecule has 1 fully saturated rings. The van der Waals surface area contributed by atoms with E-state index in [0.717, 1.165) is 24.7 Å². The van der Waals surface area contributed by atoms with Gasteiger partial charge in [-0.3, -0.25) is 14.5 Å². The standard InChI is InChI=1S/C21H24ClN3O3/c1-16(26)23-19-4-2-3-5-20(19)28-15-21(27)25-12-10-24(11-13-25)14-17-6-8-18(22)9-7-17/h2-9H,10-15H2,1H3,(H,23,26). The summed E-state index contributed by atoms with van der Waals surface area (Å²) < 4.78 is 5.65. The van der Waals surface area contributed by atoms with Crippen molar-refractivity contribution < 1.29 is 14.3 Å². The van der Waals surface area contributed by atoms with Gasteiger partial charge in [0.05, 0.1) is 5.69 Å². The molecule has 1 N–H and O–H groups in total. The summed E-state index contributed by atoms with van der Waals surface area (Å²) in [5.74, 6) is 0.260. The smallest absolute Gasteiger partial charge is 0.260 e. The van der Waals surface area contributed by atoms with Gasteiger partial charge in [0.15, 0.2) is 6.61 Å². The topological polar surface area (TPSA) is 61.9 Å². The van der Waals surface area contributed by atoms with Crippen molar-refractivity contribution >= 4 is 29.1 Å². The van der Waals surface area contributed by atoms with Crippen molar-refractivity contribution in [3.8, 4) is 5.75 Å². The molecule has 2 aromatic rings. The maximum atomic E-state index is 12.5. The monoisotopic (exact) mass is 401 g/mol. The first-order valence-electron chi connectivity index (χ1n) is 9.25. The predicted molar refractivity (Wildman–Crippen MR) is 110 cm³/mol. The van der Waals surface area contributed by atoms with Crippen LogP contribution in [0.25, 0.3) is 0 Å². The van der Waals surface area contributed by atoms with Gasteiger partial charge in [-0.15, -0.1) is 0 Å². The molecule has 28 heavy (non-hydrogen) atoms. The summed E-state index contributed by atoms with van der Waals surface area (Å²) >= 11 is 5.93. The Kier molecular flexibility index (Phi) is 6.90. The van der Waals surface area contributed by atoms with E-state index in [9.17, 15) is 9.59 Å². The third kappa shape index (κ3) is 5.71. The van der Waals surface area contributed by atoms with E-state index in [1.807, 2.05) is 29.2 Å². The van der Waals surface area contributed by atoms with E-state index >= 15 is 0 Å². The molecule has 1 heterocycles. The van der Waals surface area contributed by atoms with Crippen LogP contribution in [0.3, 0.4) is 0 Å². The Morgan fingerprint density at radius 3 is 2.39 bits per heavy atom. The fourth-order valence-corrected chi connectivity index (χ4v) is 3.25. The molecule has 0 radical (unpaired) electrons. The zero-order valence-corrected chi connectivity index (χ0v) is 16.6. The van der Waals surface area contributed by atoms with Crippen LogP contribution in [-0.4, -0.2) is 54.4 Å². The number of amides is 2. The maximum absolute atomic E-state index is 12.5. The first-order valence-corrected chi connectivity index (χ1v) is 9.63. The second-order valence-electron chi connectivity index (χ2n) is 6.75. The number of carbonyl (C=O) groups is 2. The Morgan fingerprint density at radius 1 is 1.04 bits per heavy atom. The molecule has 7 heteroatoms. The van der Waals surface area contributed by atoms with Crippen molar-refractivity contribution in [1.29, 1.82) is 0 Å². The van der Waals surface area contributed by atoms with E-state index in [1.54, 1.807) is 24.3 Å². The molecular formula is C21H24ClN3O3. The van der Waals surface area contributed by atoms with E-state index in [-0.39, 0.29) is 18.4 Å². The quantitative estimate of drug-likeness (QED) is 0.808. The van der Waals surface area contributed by atoms with Gasteiger partial charge in [0.25, 0.3) is 5.91 Å². The van der Waals surface area contributed by atoms with Gasteiger partial charge in [0.1, 0.15) is 5.75 Å². The molecule has 1 saturated heterocycles. The molecule has 0 saturated carbocycles. The number of anilines is 1. The molecule has 0 spiro atoms. The lowest BCUT2D eigenvalue weighted by molar-refractivity contribution is -0.135. The van der Waals surface area contributed by atoms with Crippen LogP contribution in [0.2, 0.25) is 5.02 Å². The van der Waals surface area contributed by atoms with Crippen molar-refractivity contribution in [3.05, 3.63) is 59.1 Å². The SMILES string of the molecule is CC(=O)Nc1ccccc1OCC(=O)N1CCN(Cc2ccc(Cl)cc2)CC1. The third-order valence-corrected chi connectivity index (χ3v) is 4.85. The summed E-state index contributed by atoms with van der Waals surface area (Å²) in [7, 11) is 0. The number of benzene rings is 2. The third-order valence-electron chi connectivity index (χ3n) is 4.59. The molecule has 0 unspecified atom stereocenters. The number of nitrogens with one attached hydrogen (secondary N) is 1. The maximum Gasteiger partial charge on any atom is 0.260 e. The highest BCUT2D eigenvalue weighted by atomic mass is 35.5. The normalized spacial score (nSPS) is 14.6. The van der Waals surface area contributed by atoms with E-state index in [2.05, 4.69) is 10.2 Å². The van der Waals surface area contributed by atoms with Crippen molar-refractivity contribution in [2.45, 2.75) is 13.5 Å². The summed E-state index contributed by atoms with van der Waals surface area (Å²) in [6.07, 6.45) is 0. The summed E-state index contributed by atoms with van der Waals surface area (Å²) in [5, 5.41) is 3.44. The average Bonchev–Trinajstić information content (AvgIpc) is 2.69. The van der Waals surface area contributed by atoms with Crippen LogP contribution < -0.4 is 10.1 Å². The van der Waals surface area contributed by atoms with Gasteiger partial charge in [-0.2, -0.15) is 0 Å². The highest BCUT2D eigenvalue weighted by Crippen LogP contribution is 2.23. The van der Waals surface area contributed by atoms with E-state index in [4.69, 9.17) is 16.3 Å². The van der Waals surface area contributed by atoms with Crippen molar-refractivity contribution in [1.82, 2.24) is 9.80 Å². The van der Waals surface area contributed by atoms with Crippen LogP contribution in [0.15, 0.2) is 48.5 Å². The van der Waals surface area contributed by atoms with E-state index < -0.39 is 0 Å². The number of piperazine rings is 1. The van der Waals surface area contributed by atoms with Crippen molar-refractivity contribution in [3.63, 3.8) is 0 Å². The number of carbonyl (C=O) groups excluding carboxylic acids is 2. The van der Waals surface area contributed by atoms with Gasteiger partial charge in [-0.05, 0) is 29.8 Å². The predicted octanol–water partition coefficient (Wildman–Crippen LogP) is 3.02. The Bertz CT molecular complexity index is 818. The lowest BCUT2D eigenvalue weighted by Gasteiger charge is -2.34. The molecule has 1 aliphatic heterocycles. The molecule has 1 aliphatic rings. The Hall–Kier alpha value is -2.57. The highest BCUT2D eigenvalue weighted by Gasteiger charge is 2.21. The number of rotatable bonds is 6. The van der Waals surface area contributed by atoms with Gasteiger partial charge in [0.2, 0.25) is 5.91 Å². The zero-order valence-electron chi connectivity index (χ0n) is 15.9. The summed E-state index contributed by atoms with van der Waals surface area (Å²) in [6, 6.07) is 14.9. The van der Waals surface area contributed by atoms with Crippen LogP contribution in [0, 0.1) is 0 Å². The Balaban J connectivity index is 1.46. The van der Waals surface area contributed by atoms with Crippen LogP contribution in [-0.2, 0) is 16.1 Å². The molecule has 0 atom stereocenters. The van der Waals surface area contributed by atoms with Gasteiger partial charge >= 0.3 is 0 Å². The fraction of sp³-hybridized carbons (Fsp3) is 0.333. The van der Waals surface area contributed by atoms with Gasteiger partial charge in [-0.1, -0.05) is 35.9 Å². The molecule has 2 amide bonds. The van der Waals surface area contributed by atoms with Crippen LogP contribution in [0.4, 0.5) is 5.69 Å². The molecule has 148 valence electrons. The second kappa shape index (κ2) is 9.57. The van der Waals surface area contributed by atoms with Crippen molar-refractivity contribution in [2.75, 3.05) is 38.1 Å². The number of nitrogens with zero attached hydrogens (tertiary/aromatic N) is 2. The molecular weight excluding hydrogens is 378 g/mol. The largest absolute Gasteiger partial charge is 0.482 e. The van der Waals surface area contributed by atoms with E-state index in [1.165, 1.54) is 12.5 Å². The number of hydrogen-bond donors (Lipinski definition) is 1. The van der Waals surface area contributed by atoms with Crippen LogP contribution in [0.5, 0.6) is 5.75 Å². The molecule has 2 aromatic carbocycles. The molecule has 0 aliphatic carbocycles. The zero-order chi connectivity index (χ0) is 19.9. The van der Waals surface area contributed by atoms with Gasteiger partial charge in [0, 0.05) is 44.7 Å². The number of halogens is 1. The first-order chi connectivity index (χ1) is 13.5. The number of para-hydroxylation sites is 2. The number of ether oxygens (including phenoxy) is 1. The molecule has 0 bridgehead atoms.